The summed E-state index contributed by atoms with van der Waals surface area (Å²) in [5.41, 5.74) is 1.50. The first-order chi connectivity index (χ1) is 17.6. The van der Waals surface area contributed by atoms with Crippen LogP contribution in [0.1, 0.15) is 33.7 Å². The fourth-order valence-electron chi connectivity index (χ4n) is 4.18. The minimum absolute atomic E-state index is 0.00846. The summed E-state index contributed by atoms with van der Waals surface area (Å²) in [6, 6.07) is 16.4. The summed E-state index contributed by atoms with van der Waals surface area (Å²) in [6.07, 6.45) is 1.88. The lowest BCUT2D eigenvalue weighted by atomic mass is 10.0. The van der Waals surface area contributed by atoms with Gasteiger partial charge in [0.2, 0.25) is 0 Å². The van der Waals surface area contributed by atoms with Gasteiger partial charge >= 0.3 is 11.9 Å². The number of morpholine rings is 1. The van der Waals surface area contributed by atoms with Crippen LogP contribution in [-0.4, -0.2) is 80.3 Å². The quantitative estimate of drug-likeness (QED) is 0.313. The van der Waals surface area contributed by atoms with Crippen LogP contribution >= 0.6 is 0 Å². The number of hydrogen-bond acceptors (Lipinski definition) is 8. The smallest absolute Gasteiger partial charge is 0.357 e. The van der Waals surface area contributed by atoms with E-state index in [-0.39, 0.29) is 17.0 Å². The molecule has 1 aromatic heterocycles. The Bertz CT molecular complexity index is 1170. The van der Waals surface area contributed by atoms with Crippen molar-refractivity contribution in [3.05, 3.63) is 65.9 Å². The highest BCUT2D eigenvalue weighted by Gasteiger charge is 2.32. The van der Waals surface area contributed by atoms with Gasteiger partial charge in [0.05, 0.1) is 39.7 Å². The first-order valence-electron chi connectivity index (χ1n) is 12.0. The largest absolute Gasteiger partial charge is 0.493 e. The number of methoxy groups -OCH3 is 2. The zero-order valence-electron chi connectivity index (χ0n) is 20.6. The molecule has 4 rings (SSSR count). The van der Waals surface area contributed by atoms with Crippen LogP contribution in [0.25, 0.3) is 16.9 Å². The second kappa shape index (κ2) is 12.3. The summed E-state index contributed by atoms with van der Waals surface area (Å²) >= 11 is 0. The third-order valence-corrected chi connectivity index (χ3v) is 6.03. The van der Waals surface area contributed by atoms with Crippen molar-refractivity contribution in [2.45, 2.75) is 12.8 Å². The minimum atomic E-state index is -0.695. The van der Waals surface area contributed by atoms with Crippen LogP contribution in [0.3, 0.4) is 0 Å². The molecule has 1 aliphatic heterocycles. The number of carbonyl (C=O) groups is 2. The summed E-state index contributed by atoms with van der Waals surface area (Å²) in [5, 5.41) is 4.67. The van der Waals surface area contributed by atoms with Gasteiger partial charge in [0.1, 0.15) is 17.0 Å². The zero-order valence-corrected chi connectivity index (χ0v) is 20.6. The number of esters is 2. The van der Waals surface area contributed by atoms with E-state index in [0.29, 0.717) is 23.6 Å². The first kappa shape index (κ1) is 25.4. The average Bonchev–Trinajstić information content (AvgIpc) is 3.34. The molecule has 2 aromatic carbocycles. The fraction of sp³-hybridized carbons (Fsp3) is 0.370. The van der Waals surface area contributed by atoms with E-state index in [2.05, 4.69) is 10.00 Å². The second-order valence-corrected chi connectivity index (χ2v) is 8.31. The Labute approximate surface area is 210 Å². The van der Waals surface area contributed by atoms with E-state index in [1.54, 1.807) is 12.1 Å². The molecule has 36 heavy (non-hydrogen) atoms. The number of aromatic nitrogens is 2. The van der Waals surface area contributed by atoms with Gasteiger partial charge in [0.25, 0.3) is 0 Å². The molecule has 3 aromatic rings. The molecule has 1 fully saturated rings. The SMILES string of the molecule is COC(=O)c1c(-c2ccccc2OCCCCN2CCOCC2)nn(-c2ccccc2)c1C(=O)OC. The Hall–Kier alpha value is -3.69. The molecule has 0 N–H and O–H groups in total. The molecule has 1 aliphatic rings. The van der Waals surface area contributed by atoms with Crippen molar-refractivity contribution in [3.63, 3.8) is 0 Å². The molecular weight excluding hydrogens is 462 g/mol. The van der Waals surface area contributed by atoms with E-state index in [1.165, 1.54) is 18.9 Å². The summed E-state index contributed by atoms with van der Waals surface area (Å²) in [6.45, 7) is 5.02. The van der Waals surface area contributed by atoms with Crippen LogP contribution in [0.2, 0.25) is 0 Å². The summed E-state index contributed by atoms with van der Waals surface area (Å²) < 4.78 is 23.0. The van der Waals surface area contributed by atoms with E-state index in [1.807, 2.05) is 42.5 Å². The van der Waals surface area contributed by atoms with Crippen molar-refractivity contribution >= 4 is 11.9 Å². The average molecular weight is 494 g/mol. The second-order valence-electron chi connectivity index (χ2n) is 8.31. The van der Waals surface area contributed by atoms with Crippen molar-refractivity contribution in [2.24, 2.45) is 0 Å². The molecule has 190 valence electrons. The molecule has 0 aliphatic carbocycles. The zero-order chi connectivity index (χ0) is 25.3. The Morgan fingerprint density at radius 1 is 0.917 bits per heavy atom. The molecule has 9 nitrogen and oxygen atoms in total. The maximum absolute atomic E-state index is 12.9. The predicted octanol–water partition coefficient (Wildman–Crippen LogP) is 3.60. The van der Waals surface area contributed by atoms with Crippen molar-refractivity contribution < 1.29 is 28.5 Å². The summed E-state index contributed by atoms with van der Waals surface area (Å²) in [4.78, 5) is 28.1. The monoisotopic (exact) mass is 493 g/mol. The van der Waals surface area contributed by atoms with Crippen molar-refractivity contribution in [3.8, 4) is 22.7 Å². The van der Waals surface area contributed by atoms with Crippen molar-refractivity contribution in [2.75, 3.05) is 53.7 Å². The van der Waals surface area contributed by atoms with E-state index in [0.717, 1.165) is 45.7 Å². The van der Waals surface area contributed by atoms with Gasteiger partial charge in [-0.2, -0.15) is 5.10 Å². The summed E-state index contributed by atoms with van der Waals surface area (Å²) in [5.74, 6) is -0.810. The van der Waals surface area contributed by atoms with Crippen LogP contribution in [0.4, 0.5) is 0 Å². The number of para-hydroxylation sites is 2. The van der Waals surface area contributed by atoms with Crippen LogP contribution in [-0.2, 0) is 14.2 Å². The normalized spacial score (nSPS) is 13.8. The topological polar surface area (TPSA) is 92.1 Å². The molecule has 0 atom stereocenters. The lowest BCUT2D eigenvalue weighted by molar-refractivity contribution is 0.0368. The number of rotatable bonds is 10. The first-order valence-corrected chi connectivity index (χ1v) is 12.0. The molecule has 1 saturated heterocycles. The molecule has 0 saturated carbocycles. The number of carbonyl (C=O) groups excluding carboxylic acids is 2. The standard InChI is InChI=1S/C27H31N3O6/c1-33-26(31)23-24(28-30(25(23)27(32)34-2)20-10-4-3-5-11-20)21-12-6-7-13-22(21)36-17-9-8-14-29-15-18-35-19-16-29/h3-7,10-13H,8-9,14-19H2,1-2H3. The maximum Gasteiger partial charge on any atom is 0.357 e. The lowest BCUT2D eigenvalue weighted by Gasteiger charge is -2.26. The Kier molecular flexibility index (Phi) is 8.70. The molecule has 9 heteroatoms. The number of unbranched alkanes of at least 4 members (excludes halogenated alkanes) is 1. The molecule has 0 radical (unpaired) electrons. The number of hydrogen-bond donors (Lipinski definition) is 0. The Morgan fingerprint density at radius 2 is 1.61 bits per heavy atom. The van der Waals surface area contributed by atoms with Gasteiger partial charge in [-0.3, -0.25) is 4.90 Å². The highest BCUT2D eigenvalue weighted by atomic mass is 16.5. The molecule has 0 amide bonds. The van der Waals surface area contributed by atoms with E-state index in [9.17, 15) is 9.59 Å². The van der Waals surface area contributed by atoms with Crippen LogP contribution in [0, 0.1) is 0 Å². The van der Waals surface area contributed by atoms with Gasteiger partial charge in [-0.25, -0.2) is 14.3 Å². The van der Waals surface area contributed by atoms with Gasteiger partial charge in [-0.15, -0.1) is 0 Å². The van der Waals surface area contributed by atoms with E-state index < -0.39 is 11.9 Å². The summed E-state index contributed by atoms with van der Waals surface area (Å²) in [7, 11) is 2.53. The Balaban J connectivity index is 1.63. The minimum Gasteiger partial charge on any atom is -0.493 e. The highest BCUT2D eigenvalue weighted by Crippen LogP contribution is 2.35. The van der Waals surface area contributed by atoms with Gasteiger partial charge < -0.3 is 18.9 Å². The number of nitrogens with zero attached hydrogens (tertiary/aromatic N) is 3. The molecular formula is C27H31N3O6. The van der Waals surface area contributed by atoms with Crippen LogP contribution in [0.15, 0.2) is 54.6 Å². The van der Waals surface area contributed by atoms with Gasteiger partial charge in [0, 0.05) is 18.7 Å². The molecule has 0 spiro atoms. The lowest BCUT2D eigenvalue weighted by Crippen LogP contribution is -2.36. The van der Waals surface area contributed by atoms with Gasteiger partial charge in [0.15, 0.2) is 5.69 Å². The van der Waals surface area contributed by atoms with Gasteiger partial charge in [-0.1, -0.05) is 30.3 Å². The van der Waals surface area contributed by atoms with E-state index in [4.69, 9.17) is 18.9 Å². The molecule has 0 bridgehead atoms. The maximum atomic E-state index is 12.9. The predicted molar refractivity (Wildman–Crippen MR) is 134 cm³/mol. The highest BCUT2D eigenvalue weighted by molar-refractivity contribution is 6.07. The third-order valence-electron chi connectivity index (χ3n) is 6.03. The van der Waals surface area contributed by atoms with Gasteiger partial charge in [-0.05, 0) is 43.7 Å². The Morgan fingerprint density at radius 3 is 2.33 bits per heavy atom. The van der Waals surface area contributed by atoms with Crippen LogP contribution < -0.4 is 4.74 Å². The number of benzene rings is 2. The van der Waals surface area contributed by atoms with Crippen molar-refractivity contribution in [1.29, 1.82) is 0 Å². The van der Waals surface area contributed by atoms with Crippen LogP contribution in [0.5, 0.6) is 5.75 Å². The fourth-order valence-corrected chi connectivity index (χ4v) is 4.18. The van der Waals surface area contributed by atoms with E-state index >= 15 is 0 Å². The third kappa shape index (κ3) is 5.75. The number of ether oxygens (including phenoxy) is 4. The molecule has 2 heterocycles. The molecule has 0 unspecified atom stereocenters. The van der Waals surface area contributed by atoms with Crippen molar-refractivity contribution in [1.82, 2.24) is 14.7 Å².